The largest absolute Gasteiger partial charge is 0.496 e. The van der Waals surface area contributed by atoms with Gasteiger partial charge in [-0.1, -0.05) is 0 Å². The number of carbonyl (C=O) groups excluding carboxylic acids is 1. The Balaban J connectivity index is 2.19. The highest BCUT2D eigenvalue weighted by Gasteiger charge is 2.37. The van der Waals surface area contributed by atoms with Gasteiger partial charge in [-0.3, -0.25) is 14.9 Å². The summed E-state index contributed by atoms with van der Waals surface area (Å²) >= 11 is 0. The van der Waals surface area contributed by atoms with E-state index in [1.165, 1.54) is 13.2 Å². The minimum atomic E-state index is -5.08. The van der Waals surface area contributed by atoms with Crippen LogP contribution in [-0.4, -0.2) is 24.5 Å². The van der Waals surface area contributed by atoms with Crippen LogP contribution in [0.3, 0.4) is 0 Å². The quantitative estimate of drug-likeness (QED) is 0.403. The third kappa shape index (κ3) is 5.75. The molecule has 0 aliphatic heterocycles. The standard InChI is InChI=1S/C17H12F6N2O5/c1-29-11-2-3-13(14(7-11)25(27)28)24-15(26)8-30-12-5-9(16(18,19)20)4-10(6-12)17(21,22)23/h2-7H,8H2,1H3,(H,24,26). The number of alkyl halides is 6. The Bertz CT molecular complexity index is 926. The van der Waals surface area contributed by atoms with Gasteiger partial charge in [0.2, 0.25) is 0 Å². The summed E-state index contributed by atoms with van der Waals surface area (Å²) in [6.45, 7) is -0.998. The molecule has 0 heterocycles. The predicted molar refractivity (Wildman–Crippen MR) is 90.2 cm³/mol. The number of nitrogens with one attached hydrogen (secondary N) is 1. The lowest BCUT2D eigenvalue weighted by Gasteiger charge is -2.15. The predicted octanol–water partition coefficient (Wildman–Crippen LogP) is 4.66. The lowest BCUT2D eigenvalue weighted by atomic mass is 10.1. The average molecular weight is 438 g/mol. The number of benzene rings is 2. The van der Waals surface area contributed by atoms with Gasteiger partial charge >= 0.3 is 12.4 Å². The number of anilines is 1. The van der Waals surface area contributed by atoms with E-state index in [4.69, 9.17) is 9.47 Å². The fourth-order valence-corrected chi connectivity index (χ4v) is 2.24. The smallest absolute Gasteiger partial charge is 0.416 e. The van der Waals surface area contributed by atoms with Crippen LogP contribution in [0.2, 0.25) is 0 Å². The number of nitro groups is 1. The summed E-state index contributed by atoms with van der Waals surface area (Å²) in [5.41, 5.74) is -4.03. The lowest BCUT2D eigenvalue weighted by molar-refractivity contribution is -0.384. The molecule has 1 N–H and O–H groups in total. The van der Waals surface area contributed by atoms with Gasteiger partial charge in [0.1, 0.15) is 17.2 Å². The van der Waals surface area contributed by atoms with Gasteiger partial charge in [-0.05, 0) is 30.3 Å². The Morgan fingerprint density at radius 1 is 1.00 bits per heavy atom. The van der Waals surface area contributed by atoms with Crippen molar-refractivity contribution in [3.63, 3.8) is 0 Å². The van der Waals surface area contributed by atoms with Gasteiger partial charge in [0, 0.05) is 0 Å². The second kappa shape index (κ2) is 8.47. The molecule has 162 valence electrons. The Morgan fingerprint density at radius 3 is 2.03 bits per heavy atom. The first-order valence-corrected chi connectivity index (χ1v) is 7.86. The number of nitrogens with zero attached hydrogens (tertiary/aromatic N) is 1. The van der Waals surface area contributed by atoms with E-state index < -0.39 is 52.4 Å². The van der Waals surface area contributed by atoms with Gasteiger partial charge in [-0.15, -0.1) is 0 Å². The number of hydrogen-bond acceptors (Lipinski definition) is 5. The van der Waals surface area contributed by atoms with Crippen molar-refractivity contribution in [1.82, 2.24) is 0 Å². The molecule has 0 spiro atoms. The maximum atomic E-state index is 12.8. The van der Waals surface area contributed by atoms with Gasteiger partial charge < -0.3 is 14.8 Å². The maximum absolute atomic E-state index is 12.8. The summed E-state index contributed by atoms with van der Waals surface area (Å²) in [5, 5.41) is 13.2. The zero-order valence-electron chi connectivity index (χ0n) is 14.9. The number of methoxy groups -OCH3 is 1. The van der Waals surface area contributed by atoms with Crippen LogP contribution >= 0.6 is 0 Å². The number of rotatable bonds is 6. The van der Waals surface area contributed by atoms with Gasteiger partial charge in [0.15, 0.2) is 6.61 Å². The van der Waals surface area contributed by atoms with Crippen molar-refractivity contribution < 1.29 is 45.5 Å². The van der Waals surface area contributed by atoms with E-state index in [9.17, 15) is 41.3 Å². The van der Waals surface area contributed by atoms with E-state index in [2.05, 4.69) is 5.32 Å². The highest BCUT2D eigenvalue weighted by atomic mass is 19.4. The highest BCUT2D eigenvalue weighted by molar-refractivity contribution is 5.94. The minimum absolute atomic E-state index is 0.0896. The molecule has 0 aliphatic rings. The molecule has 0 aliphatic carbocycles. The molecule has 13 heteroatoms. The van der Waals surface area contributed by atoms with Crippen LogP contribution in [0.15, 0.2) is 36.4 Å². The monoisotopic (exact) mass is 438 g/mol. The average Bonchev–Trinajstić information content (AvgIpc) is 2.65. The van der Waals surface area contributed by atoms with Crippen LogP contribution in [0.1, 0.15) is 11.1 Å². The molecule has 0 unspecified atom stereocenters. The SMILES string of the molecule is COc1ccc(NC(=O)COc2cc(C(F)(F)F)cc(C(F)(F)F)c2)c([N+](=O)[O-])c1. The molecule has 7 nitrogen and oxygen atoms in total. The Morgan fingerprint density at radius 2 is 1.57 bits per heavy atom. The van der Waals surface area contributed by atoms with Crippen LogP contribution in [0.4, 0.5) is 37.7 Å². The van der Waals surface area contributed by atoms with E-state index in [0.29, 0.717) is 12.1 Å². The molecule has 2 aromatic rings. The summed E-state index contributed by atoms with van der Waals surface area (Å²) in [7, 11) is 1.26. The molecule has 2 aromatic carbocycles. The second-order valence-electron chi connectivity index (χ2n) is 5.72. The van der Waals surface area contributed by atoms with E-state index >= 15 is 0 Å². The summed E-state index contributed by atoms with van der Waals surface area (Å²) in [4.78, 5) is 22.2. The van der Waals surface area contributed by atoms with Crippen molar-refractivity contribution in [2.45, 2.75) is 12.4 Å². The summed E-state index contributed by atoms with van der Waals surface area (Å²) in [6, 6.07) is 3.97. The third-order valence-electron chi connectivity index (χ3n) is 3.61. The first-order valence-electron chi connectivity index (χ1n) is 7.86. The van der Waals surface area contributed by atoms with Gasteiger partial charge in [-0.25, -0.2) is 0 Å². The summed E-state index contributed by atoms with van der Waals surface area (Å²) in [6.07, 6.45) is -10.2. The van der Waals surface area contributed by atoms with Crippen LogP contribution in [0.5, 0.6) is 11.5 Å². The van der Waals surface area contributed by atoms with Crippen molar-refractivity contribution in [3.8, 4) is 11.5 Å². The Labute approximate surface area is 164 Å². The van der Waals surface area contributed by atoms with Gasteiger partial charge in [0.05, 0.1) is 29.2 Å². The number of hydrogen-bond donors (Lipinski definition) is 1. The minimum Gasteiger partial charge on any atom is -0.496 e. The zero-order chi connectivity index (χ0) is 22.7. The topological polar surface area (TPSA) is 90.7 Å². The first-order chi connectivity index (χ1) is 13.8. The second-order valence-corrected chi connectivity index (χ2v) is 5.72. The van der Waals surface area contributed by atoms with E-state index in [1.54, 1.807) is 0 Å². The van der Waals surface area contributed by atoms with Gasteiger partial charge in [-0.2, -0.15) is 26.3 Å². The molecular formula is C17H12F6N2O5. The molecule has 0 saturated carbocycles. The molecule has 0 radical (unpaired) electrons. The molecule has 0 atom stereocenters. The van der Waals surface area contributed by atoms with E-state index in [-0.39, 0.29) is 17.5 Å². The van der Waals surface area contributed by atoms with Crippen molar-refractivity contribution in [2.24, 2.45) is 0 Å². The van der Waals surface area contributed by atoms with E-state index in [0.717, 1.165) is 12.1 Å². The molecule has 0 fully saturated rings. The fourth-order valence-electron chi connectivity index (χ4n) is 2.24. The molecule has 0 bridgehead atoms. The molecule has 30 heavy (non-hydrogen) atoms. The van der Waals surface area contributed by atoms with Crippen molar-refractivity contribution in [1.29, 1.82) is 0 Å². The molecular weight excluding hydrogens is 426 g/mol. The molecule has 1 amide bonds. The third-order valence-corrected chi connectivity index (χ3v) is 3.61. The number of carbonyl (C=O) groups is 1. The fraction of sp³-hybridized carbons (Fsp3) is 0.235. The van der Waals surface area contributed by atoms with Crippen LogP contribution < -0.4 is 14.8 Å². The molecule has 0 aromatic heterocycles. The van der Waals surface area contributed by atoms with E-state index in [1.807, 2.05) is 0 Å². The molecule has 0 saturated heterocycles. The number of ether oxygens (including phenoxy) is 2. The number of nitro benzene ring substituents is 1. The Hall–Kier alpha value is -3.51. The van der Waals surface area contributed by atoms with Crippen molar-refractivity contribution in [2.75, 3.05) is 19.0 Å². The van der Waals surface area contributed by atoms with Crippen molar-refractivity contribution >= 4 is 17.3 Å². The molecule has 2 rings (SSSR count). The highest BCUT2D eigenvalue weighted by Crippen LogP contribution is 2.38. The van der Waals surface area contributed by atoms with Crippen molar-refractivity contribution in [3.05, 3.63) is 57.6 Å². The van der Waals surface area contributed by atoms with Crippen LogP contribution in [0, 0.1) is 10.1 Å². The van der Waals surface area contributed by atoms with Crippen LogP contribution in [0.25, 0.3) is 0 Å². The normalized spacial score (nSPS) is 11.7. The number of halogens is 6. The summed E-state index contributed by atoms with van der Waals surface area (Å²) < 4.78 is 86.5. The zero-order valence-corrected chi connectivity index (χ0v) is 14.9. The van der Waals surface area contributed by atoms with Crippen LogP contribution in [-0.2, 0) is 17.1 Å². The van der Waals surface area contributed by atoms with Gasteiger partial charge in [0.25, 0.3) is 11.6 Å². The first kappa shape index (κ1) is 22.8. The lowest BCUT2D eigenvalue weighted by Crippen LogP contribution is -2.21. The maximum Gasteiger partial charge on any atom is 0.416 e. The summed E-state index contributed by atoms with van der Waals surface area (Å²) in [5.74, 6) is -1.77. The number of amides is 1. The Kier molecular flexibility index (Phi) is 6.43.